The van der Waals surface area contributed by atoms with Gasteiger partial charge in [-0.25, -0.2) is 4.79 Å². The third-order valence-corrected chi connectivity index (χ3v) is 5.85. The Bertz CT molecular complexity index is 915. The van der Waals surface area contributed by atoms with Crippen LogP contribution in [-0.4, -0.2) is 75.5 Å². The molecule has 0 saturated carbocycles. The molecule has 2 atom stereocenters. The standard InChI is InChI=1S/C24H29N3O5/c1-30-20-9-5-6-18(14-20)15-23(28)31-17-22-21(25-24(29)32-22)16-26-10-12-27(13-11-26)19-7-3-2-4-8-19/h2-9,14,21-22H,10-13,15-17H2,1H3,(H,25,29)/t21-,22-/m1/s1. The van der Waals surface area contributed by atoms with Gasteiger partial charge >= 0.3 is 12.1 Å². The smallest absolute Gasteiger partial charge is 0.408 e. The van der Waals surface area contributed by atoms with Crippen molar-refractivity contribution in [1.82, 2.24) is 10.2 Å². The van der Waals surface area contributed by atoms with Gasteiger partial charge in [0.2, 0.25) is 0 Å². The number of hydrogen-bond acceptors (Lipinski definition) is 7. The highest BCUT2D eigenvalue weighted by Gasteiger charge is 2.36. The lowest BCUT2D eigenvalue weighted by molar-refractivity contribution is -0.145. The first kappa shape index (κ1) is 22.0. The van der Waals surface area contributed by atoms with E-state index in [1.807, 2.05) is 36.4 Å². The predicted molar refractivity (Wildman–Crippen MR) is 120 cm³/mol. The van der Waals surface area contributed by atoms with Crippen LogP contribution in [0.4, 0.5) is 10.5 Å². The summed E-state index contributed by atoms with van der Waals surface area (Å²) in [5.41, 5.74) is 2.04. The summed E-state index contributed by atoms with van der Waals surface area (Å²) in [5.74, 6) is 0.327. The Hall–Kier alpha value is -3.26. The van der Waals surface area contributed by atoms with Crippen molar-refractivity contribution in [1.29, 1.82) is 0 Å². The summed E-state index contributed by atoms with van der Waals surface area (Å²) in [6.07, 6.45) is -0.826. The maximum absolute atomic E-state index is 12.3. The number of hydrogen-bond donors (Lipinski definition) is 1. The topological polar surface area (TPSA) is 80.3 Å². The Morgan fingerprint density at radius 3 is 2.62 bits per heavy atom. The molecule has 2 aliphatic rings. The number of methoxy groups -OCH3 is 1. The minimum absolute atomic E-state index is 0.0379. The number of carbonyl (C=O) groups is 2. The fourth-order valence-electron chi connectivity index (χ4n) is 4.09. The van der Waals surface area contributed by atoms with Crippen LogP contribution in [0.1, 0.15) is 5.56 Å². The van der Waals surface area contributed by atoms with Crippen molar-refractivity contribution < 1.29 is 23.8 Å². The lowest BCUT2D eigenvalue weighted by Gasteiger charge is -2.37. The molecule has 0 unspecified atom stereocenters. The van der Waals surface area contributed by atoms with E-state index in [1.165, 1.54) is 5.69 Å². The first-order chi connectivity index (χ1) is 15.6. The lowest BCUT2D eigenvalue weighted by atomic mass is 10.1. The molecule has 2 aromatic rings. The van der Waals surface area contributed by atoms with Crippen LogP contribution in [0.2, 0.25) is 0 Å². The molecule has 170 valence electrons. The van der Waals surface area contributed by atoms with Gasteiger partial charge in [-0.1, -0.05) is 30.3 Å². The molecule has 0 aromatic heterocycles. The van der Waals surface area contributed by atoms with Gasteiger partial charge in [0, 0.05) is 38.4 Å². The van der Waals surface area contributed by atoms with Gasteiger partial charge in [-0.15, -0.1) is 0 Å². The molecule has 4 rings (SSSR count). The zero-order valence-electron chi connectivity index (χ0n) is 18.2. The number of para-hydroxylation sites is 1. The van der Waals surface area contributed by atoms with Crippen LogP contribution in [-0.2, 0) is 20.7 Å². The zero-order chi connectivity index (χ0) is 22.3. The molecule has 8 heteroatoms. The number of anilines is 1. The molecule has 8 nitrogen and oxygen atoms in total. The summed E-state index contributed by atoms with van der Waals surface area (Å²) in [6, 6.07) is 17.4. The highest BCUT2D eigenvalue weighted by atomic mass is 16.6. The number of nitrogens with one attached hydrogen (secondary N) is 1. The predicted octanol–water partition coefficient (Wildman–Crippen LogP) is 2.08. The summed E-state index contributed by atoms with van der Waals surface area (Å²) in [7, 11) is 1.58. The third-order valence-electron chi connectivity index (χ3n) is 5.85. The monoisotopic (exact) mass is 439 g/mol. The molecular formula is C24H29N3O5. The summed E-state index contributed by atoms with van der Waals surface area (Å²) >= 11 is 0. The quantitative estimate of drug-likeness (QED) is 0.631. The molecule has 2 fully saturated rings. The average Bonchev–Trinajstić information content (AvgIpc) is 3.17. The summed E-state index contributed by atoms with van der Waals surface area (Å²) < 4.78 is 16.0. The van der Waals surface area contributed by atoms with Crippen molar-refractivity contribution in [3.05, 3.63) is 60.2 Å². The largest absolute Gasteiger partial charge is 0.497 e. The average molecular weight is 440 g/mol. The van der Waals surface area contributed by atoms with E-state index in [-0.39, 0.29) is 25.0 Å². The van der Waals surface area contributed by atoms with Crippen LogP contribution in [0.25, 0.3) is 0 Å². The van der Waals surface area contributed by atoms with Crippen LogP contribution in [0.3, 0.4) is 0 Å². The molecule has 2 saturated heterocycles. The lowest BCUT2D eigenvalue weighted by Crippen LogP contribution is -2.52. The van der Waals surface area contributed by atoms with E-state index in [0.717, 1.165) is 31.7 Å². The number of cyclic esters (lactones) is 1. The van der Waals surface area contributed by atoms with Gasteiger partial charge in [0.25, 0.3) is 0 Å². The minimum Gasteiger partial charge on any atom is -0.497 e. The number of benzene rings is 2. The second kappa shape index (κ2) is 10.4. The molecule has 0 spiro atoms. The van der Waals surface area contributed by atoms with Crippen molar-refractivity contribution in [2.75, 3.05) is 51.3 Å². The molecule has 32 heavy (non-hydrogen) atoms. The van der Waals surface area contributed by atoms with Gasteiger partial charge in [-0.05, 0) is 29.8 Å². The summed E-state index contributed by atoms with van der Waals surface area (Å²) in [6.45, 7) is 4.33. The maximum Gasteiger partial charge on any atom is 0.408 e. The number of piperazine rings is 1. The second-order valence-corrected chi connectivity index (χ2v) is 8.03. The van der Waals surface area contributed by atoms with Crippen LogP contribution in [0.15, 0.2) is 54.6 Å². The van der Waals surface area contributed by atoms with Gasteiger partial charge in [-0.2, -0.15) is 0 Å². The Morgan fingerprint density at radius 2 is 1.88 bits per heavy atom. The van der Waals surface area contributed by atoms with Crippen LogP contribution < -0.4 is 15.0 Å². The first-order valence-corrected chi connectivity index (χ1v) is 10.9. The van der Waals surface area contributed by atoms with Crippen molar-refractivity contribution >= 4 is 17.7 Å². The zero-order valence-corrected chi connectivity index (χ0v) is 18.2. The molecule has 0 radical (unpaired) electrons. The SMILES string of the molecule is COc1cccc(CC(=O)OC[C@H]2OC(=O)N[C@@H]2CN2CCN(c3ccccc3)CC2)c1. The molecular weight excluding hydrogens is 410 g/mol. The number of nitrogens with zero attached hydrogens (tertiary/aromatic N) is 2. The third kappa shape index (κ3) is 5.70. The van der Waals surface area contributed by atoms with E-state index in [0.29, 0.717) is 12.3 Å². The van der Waals surface area contributed by atoms with Gasteiger partial charge < -0.3 is 24.4 Å². The number of ether oxygens (including phenoxy) is 3. The normalized spacial score (nSPS) is 21.0. The highest BCUT2D eigenvalue weighted by molar-refractivity contribution is 5.73. The number of amides is 1. The van der Waals surface area contributed by atoms with Gasteiger partial charge in [0.15, 0.2) is 6.10 Å². The number of esters is 1. The fraction of sp³-hybridized carbons (Fsp3) is 0.417. The number of alkyl carbamates (subject to hydrolysis) is 1. The Balaban J connectivity index is 1.24. The molecule has 1 amide bonds. The molecule has 2 aromatic carbocycles. The van der Waals surface area contributed by atoms with Crippen molar-refractivity contribution in [3.63, 3.8) is 0 Å². The molecule has 2 aliphatic heterocycles. The summed E-state index contributed by atoms with van der Waals surface area (Å²) in [4.78, 5) is 28.8. The Kier molecular flexibility index (Phi) is 7.11. The molecule has 0 aliphatic carbocycles. The van der Waals surface area contributed by atoms with E-state index in [9.17, 15) is 9.59 Å². The first-order valence-electron chi connectivity index (χ1n) is 10.9. The van der Waals surface area contributed by atoms with Crippen molar-refractivity contribution in [3.8, 4) is 5.75 Å². The van der Waals surface area contributed by atoms with Crippen molar-refractivity contribution in [2.24, 2.45) is 0 Å². The van der Waals surface area contributed by atoms with Gasteiger partial charge in [0.1, 0.15) is 12.4 Å². The van der Waals surface area contributed by atoms with Crippen molar-refractivity contribution in [2.45, 2.75) is 18.6 Å². The Morgan fingerprint density at radius 1 is 1.09 bits per heavy atom. The second-order valence-electron chi connectivity index (χ2n) is 8.03. The van der Waals surface area contributed by atoms with Crippen LogP contribution >= 0.6 is 0 Å². The van der Waals surface area contributed by atoms with E-state index in [1.54, 1.807) is 13.2 Å². The summed E-state index contributed by atoms with van der Waals surface area (Å²) in [5, 5.41) is 2.86. The Labute approximate surface area is 188 Å². The molecule has 0 bridgehead atoms. The fourth-order valence-corrected chi connectivity index (χ4v) is 4.09. The van der Waals surface area contributed by atoms with E-state index in [4.69, 9.17) is 14.2 Å². The van der Waals surface area contributed by atoms with E-state index >= 15 is 0 Å². The maximum atomic E-state index is 12.3. The number of rotatable bonds is 8. The molecule has 1 N–H and O–H groups in total. The van der Waals surface area contributed by atoms with E-state index in [2.05, 4.69) is 27.2 Å². The van der Waals surface area contributed by atoms with E-state index < -0.39 is 12.2 Å². The van der Waals surface area contributed by atoms with Crippen LogP contribution in [0.5, 0.6) is 5.75 Å². The molecule has 2 heterocycles. The highest BCUT2D eigenvalue weighted by Crippen LogP contribution is 2.18. The minimum atomic E-state index is -0.496. The number of carbonyl (C=O) groups excluding carboxylic acids is 2. The van der Waals surface area contributed by atoms with Gasteiger partial charge in [-0.3, -0.25) is 9.69 Å². The van der Waals surface area contributed by atoms with Crippen LogP contribution in [0, 0.1) is 0 Å². The van der Waals surface area contributed by atoms with Gasteiger partial charge in [0.05, 0.1) is 19.6 Å².